The Hall–Kier alpha value is -10.5. The van der Waals surface area contributed by atoms with Gasteiger partial charge in [0, 0.05) is 73.1 Å². The fourth-order valence-corrected chi connectivity index (χ4v) is 16.4. The molecule has 6 heterocycles. The second-order valence-corrected chi connectivity index (χ2v) is 31.5. The van der Waals surface area contributed by atoms with E-state index in [1.807, 2.05) is 12.1 Å². The van der Waals surface area contributed by atoms with Gasteiger partial charge in [-0.2, -0.15) is 0 Å². The maximum Gasteiger partial charge on any atom is 0.256 e. The summed E-state index contributed by atoms with van der Waals surface area (Å²) in [5, 5.41) is 4.80. The summed E-state index contributed by atoms with van der Waals surface area (Å²) < 4.78 is 29.8. The number of para-hydroxylation sites is 5. The number of rotatable bonds is 5. The van der Waals surface area contributed by atoms with E-state index in [0.717, 1.165) is 112 Å². The van der Waals surface area contributed by atoms with Crippen LogP contribution in [0.25, 0.3) is 55.0 Å². The minimum atomic E-state index is -0.291. The highest BCUT2D eigenvalue weighted by Gasteiger charge is 2.49. The van der Waals surface area contributed by atoms with Crippen molar-refractivity contribution < 1.29 is 9.13 Å². The lowest BCUT2D eigenvalue weighted by Crippen LogP contribution is -2.64. The molecular weight excluding hydrogens is 1180 g/mol. The van der Waals surface area contributed by atoms with Gasteiger partial charge >= 0.3 is 0 Å². The van der Waals surface area contributed by atoms with Gasteiger partial charge in [0.25, 0.3) is 13.4 Å². The van der Waals surface area contributed by atoms with Crippen molar-refractivity contribution in [3.05, 3.63) is 271 Å². The topological polar surface area (TPSA) is 28.8 Å². The van der Waals surface area contributed by atoms with Crippen molar-refractivity contribution in [2.75, 3.05) is 14.7 Å². The summed E-state index contributed by atoms with van der Waals surface area (Å²) in [6.45, 7) is 27.1. The van der Waals surface area contributed by atoms with Crippen LogP contribution < -0.4 is 52.2 Å². The molecule has 4 aliphatic heterocycles. The van der Waals surface area contributed by atoms with Gasteiger partial charge in [-0.25, -0.2) is 4.39 Å². The van der Waals surface area contributed by atoms with Gasteiger partial charge < -0.3 is 28.6 Å². The zero-order chi connectivity index (χ0) is 66.5. The van der Waals surface area contributed by atoms with Crippen molar-refractivity contribution in [1.82, 2.24) is 9.13 Å². The van der Waals surface area contributed by atoms with E-state index in [-0.39, 0.29) is 40.9 Å². The molecule has 0 aliphatic carbocycles. The predicted octanol–water partition coefficient (Wildman–Crippen LogP) is 19.7. The molecular formula is C88H76B2FN5O. The zero-order valence-electron chi connectivity index (χ0n) is 57.3. The number of nitrogens with zero attached hydrogens (tertiary/aromatic N) is 5. The van der Waals surface area contributed by atoms with Gasteiger partial charge in [0.15, 0.2) is 0 Å². The molecule has 12 aromatic carbocycles. The van der Waals surface area contributed by atoms with Crippen LogP contribution in [0.1, 0.15) is 105 Å². The number of ether oxygens (including phenoxy) is 1. The Bertz CT molecular complexity index is 5520. The molecule has 472 valence electrons. The lowest BCUT2D eigenvalue weighted by molar-refractivity contribution is 0.487. The van der Waals surface area contributed by atoms with Gasteiger partial charge in [-0.1, -0.05) is 223 Å². The standard InChI is InChI=1S/C88H76B2FN5O/c1-85(2,3)53-35-39-61-62-40-36-54(86(4,5)6)44-73(62)94(72(61)43-53)59-47-78-83-79(48-59)96(71-33-23-21-31-69(71)91)70-32-22-19-29-65(70)89(83)67-51-68-77(52-76(67)92(78)57-25-15-13-16-26-57)93(58-27-17-14-18-28-58)80-49-60(50-82-84(80)90(68)66-30-20-24-34-81(66)97-82)95-74-45-55(87(7,8)9)37-41-63(74)64-42-38-56(46-75(64)95)88(10,11)12/h13-52H,1-12H3. The maximum atomic E-state index is 17.4. The smallest absolute Gasteiger partial charge is 0.256 e. The minimum absolute atomic E-state index is 0.0889. The summed E-state index contributed by atoms with van der Waals surface area (Å²) in [5.41, 5.74) is 26.7. The molecule has 6 nitrogen and oxygen atoms in total. The fourth-order valence-electron chi connectivity index (χ4n) is 16.4. The van der Waals surface area contributed by atoms with Crippen molar-refractivity contribution in [2.24, 2.45) is 0 Å². The quantitative estimate of drug-likeness (QED) is 0.161. The fraction of sp³-hybridized carbons (Fsp3) is 0.182. The SMILES string of the molecule is CC(C)(C)c1ccc2c3ccc(C(C)(C)C)cc3n(-c3cc4c5c(c3)N(c3ccccc3)c3cc6c(cc3B5c3ccccc3O4)B3c4ccccc4N(c4ccccc4F)c4cc(-n5c7cc(C(C)(C)C)ccc7c7ccc(C(C)(C)C)cc75)cc(c43)N6c3ccccc3)c2c1. The Kier molecular flexibility index (Phi) is 12.6. The predicted molar refractivity (Wildman–Crippen MR) is 410 cm³/mol. The number of halogens is 1. The molecule has 14 aromatic rings. The van der Waals surface area contributed by atoms with E-state index in [4.69, 9.17) is 4.74 Å². The van der Waals surface area contributed by atoms with Crippen LogP contribution in [0, 0.1) is 5.82 Å². The van der Waals surface area contributed by atoms with E-state index in [9.17, 15) is 0 Å². The molecule has 97 heavy (non-hydrogen) atoms. The van der Waals surface area contributed by atoms with Crippen molar-refractivity contribution in [3.8, 4) is 22.9 Å². The van der Waals surface area contributed by atoms with Crippen LogP contribution in [0.4, 0.5) is 55.6 Å². The summed E-state index contributed by atoms with van der Waals surface area (Å²) in [7, 11) is 0. The first kappa shape index (κ1) is 59.0. The summed E-state index contributed by atoms with van der Waals surface area (Å²) in [4.78, 5) is 7.25. The first-order valence-corrected chi connectivity index (χ1v) is 34.4. The third kappa shape index (κ3) is 8.92. The first-order valence-electron chi connectivity index (χ1n) is 34.4. The average Bonchev–Trinajstić information content (AvgIpc) is 1.38. The second kappa shape index (κ2) is 20.8. The number of aromatic nitrogens is 2. The molecule has 2 aromatic heterocycles. The Balaban J connectivity index is 0.962. The van der Waals surface area contributed by atoms with Crippen molar-refractivity contribution >= 4 is 141 Å². The molecule has 9 heteroatoms. The maximum absolute atomic E-state index is 17.4. The van der Waals surface area contributed by atoms with Crippen LogP contribution in [0.2, 0.25) is 0 Å². The Morgan fingerprint density at radius 3 is 1.12 bits per heavy atom. The van der Waals surface area contributed by atoms with Gasteiger partial charge in [-0.05, 0) is 174 Å². The summed E-state index contributed by atoms with van der Waals surface area (Å²) >= 11 is 0. The lowest BCUT2D eigenvalue weighted by Gasteiger charge is -2.46. The van der Waals surface area contributed by atoms with Crippen LogP contribution in [0.5, 0.6) is 11.5 Å². The van der Waals surface area contributed by atoms with Crippen molar-refractivity contribution in [3.63, 3.8) is 0 Å². The molecule has 0 unspecified atom stereocenters. The average molecular weight is 1260 g/mol. The Labute approximate surface area is 569 Å². The molecule has 4 aliphatic rings. The Morgan fingerprint density at radius 2 is 0.660 bits per heavy atom. The van der Waals surface area contributed by atoms with E-state index in [0.29, 0.717) is 5.69 Å². The van der Waals surface area contributed by atoms with E-state index >= 15 is 4.39 Å². The van der Waals surface area contributed by atoms with E-state index < -0.39 is 0 Å². The third-order valence-corrected chi connectivity index (χ3v) is 21.4. The molecule has 0 spiro atoms. The lowest BCUT2D eigenvalue weighted by atomic mass is 9.30. The second-order valence-electron chi connectivity index (χ2n) is 31.5. The molecule has 0 saturated heterocycles. The van der Waals surface area contributed by atoms with Crippen LogP contribution >= 0.6 is 0 Å². The number of hydrogen-bond donors (Lipinski definition) is 0. The highest BCUT2D eigenvalue weighted by Crippen LogP contribution is 2.51. The zero-order valence-corrected chi connectivity index (χ0v) is 57.3. The number of fused-ring (bicyclic) bond motifs is 14. The van der Waals surface area contributed by atoms with Crippen LogP contribution in [-0.2, 0) is 21.7 Å². The summed E-state index contributed by atoms with van der Waals surface area (Å²) in [6, 6.07) is 89.5. The van der Waals surface area contributed by atoms with Gasteiger partial charge in [-0.15, -0.1) is 0 Å². The monoisotopic (exact) mass is 1260 g/mol. The largest absolute Gasteiger partial charge is 0.458 e. The van der Waals surface area contributed by atoms with Crippen LogP contribution in [-0.4, -0.2) is 22.6 Å². The Morgan fingerprint density at radius 1 is 0.278 bits per heavy atom. The third-order valence-electron chi connectivity index (χ3n) is 21.4. The normalized spacial score (nSPS) is 14.0. The number of benzene rings is 12. The molecule has 18 rings (SSSR count). The molecule has 0 fully saturated rings. The van der Waals surface area contributed by atoms with Crippen LogP contribution in [0.3, 0.4) is 0 Å². The molecule has 0 bridgehead atoms. The minimum Gasteiger partial charge on any atom is -0.458 e. The van der Waals surface area contributed by atoms with Gasteiger partial charge in [-0.3, -0.25) is 0 Å². The highest BCUT2D eigenvalue weighted by molar-refractivity contribution is 7.02. The van der Waals surface area contributed by atoms with E-state index in [1.54, 1.807) is 12.1 Å². The summed E-state index contributed by atoms with van der Waals surface area (Å²) in [5.74, 6) is 1.38. The van der Waals surface area contributed by atoms with Crippen molar-refractivity contribution in [1.29, 1.82) is 0 Å². The van der Waals surface area contributed by atoms with Gasteiger partial charge in [0.05, 0.1) is 39.1 Å². The number of hydrogen-bond acceptors (Lipinski definition) is 4. The van der Waals surface area contributed by atoms with Crippen molar-refractivity contribution in [2.45, 2.75) is 105 Å². The van der Waals surface area contributed by atoms with Gasteiger partial charge in [0.2, 0.25) is 0 Å². The summed E-state index contributed by atoms with van der Waals surface area (Å²) in [6.07, 6.45) is 0. The molecule has 0 amide bonds. The molecule has 0 radical (unpaired) electrons. The first-order chi connectivity index (χ1) is 46.6. The molecule has 0 saturated carbocycles. The van der Waals surface area contributed by atoms with E-state index in [1.165, 1.54) is 54.7 Å². The van der Waals surface area contributed by atoms with Gasteiger partial charge in [0.1, 0.15) is 17.3 Å². The van der Waals surface area contributed by atoms with Crippen LogP contribution in [0.15, 0.2) is 243 Å². The number of anilines is 9. The molecule has 0 atom stereocenters. The highest BCUT2D eigenvalue weighted by atomic mass is 19.1. The molecule has 0 N–H and O–H groups in total. The van der Waals surface area contributed by atoms with E-state index in [2.05, 4.69) is 325 Å².